The highest BCUT2D eigenvalue weighted by atomic mass is 32.2. The molecule has 26 heavy (non-hydrogen) atoms. The maximum Gasteiger partial charge on any atom is 0.307 e. The second-order valence-corrected chi connectivity index (χ2v) is 7.01. The maximum atomic E-state index is 12.8. The highest BCUT2D eigenvalue weighted by molar-refractivity contribution is 7.99. The van der Waals surface area contributed by atoms with Crippen molar-refractivity contribution in [3.05, 3.63) is 34.6 Å². The van der Waals surface area contributed by atoms with Gasteiger partial charge in [0.1, 0.15) is 0 Å². The van der Waals surface area contributed by atoms with Crippen LogP contribution in [-0.2, 0) is 20.9 Å². The molecule has 138 valence electrons. The number of para-hydroxylation sites is 1. The van der Waals surface area contributed by atoms with Crippen molar-refractivity contribution in [3.63, 3.8) is 0 Å². The van der Waals surface area contributed by atoms with Gasteiger partial charge in [0.25, 0.3) is 5.56 Å². The van der Waals surface area contributed by atoms with Gasteiger partial charge in [-0.05, 0) is 25.0 Å². The van der Waals surface area contributed by atoms with Crippen molar-refractivity contribution in [1.82, 2.24) is 14.5 Å². The number of rotatable bonds is 6. The first kappa shape index (κ1) is 18.4. The average molecular weight is 375 g/mol. The van der Waals surface area contributed by atoms with Crippen molar-refractivity contribution in [2.24, 2.45) is 0 Å². The third-order valence-corrected chi connectivity index (χ3v) is 5.34. The van der Waals surface area contributed by atoms with Crippen molar-refractivity contribution >= 4 is 34.5 Å². The van der Waals surface area contributed by atoms with E-state index in [9.17, 15) is 14.4 Å². The first-order chi connectivity index (χ1) is 12.6. The number of carbonyl (C=O) groups excluding carboxylic acids is 2. The summed E-state index contributed by atoms with van der Waals surface area (Å²) in [6.07, 6.45) is 2.15. The number of thioether (sulfide) groups is 1. The van der Waals surface area contributed by atoms with E-state index < -0.39 is 5.97 Å². The molecule has 1 amide bonds. The number of esters is 1. The topological polar surface area (TPSA) is 81.5 Å². The molecule has 0 atom stereocenters. The molecule has 0 N–H and O–H groups in total. The summed E-state index contributed by atoms with van der Waals surface area (Å²) in [5.74, 6) is -0.119. The zero-order valence-electron chi connectivity index (χ0n) is 14.6. The minimum atomic E-state index is -0.394. The van der Waals surface area contributed by atoms with E-state index in [1.165, 1.54) is 23.4 Å². The van der Waals surface area contributed by atoms with E-state index >= 15 is 0 Å². The second-order valence-electron chi connectivity index (χ2n) is 6.07. The molecule has 0 spiro atoms. The van der Waals surface area contributed by atoms with E-state index in [0.717, 1.165) is 25.9 Å². The Kier molecular flexibility index (Phi) is 5.92. The molecule has 1 saturated heterocycles. The van der Waals surface area contributed by atoms with Crippen LogP contribution in [0.15, 0.2) is 34.2 Å². The summed E-state index contributed by atoms with van der Waals surface area (Å²) in [5, 5.41) is 0.942. The van der Waals surface area contributed by atoms with E-state index in [2.05, 4.69) is 9.72 Å². The van der Waals surface area contributed by atoms with Crippen LogP contribution in [0.4, 0.5) is 0 Å². The molecule has 1 aliphatic rings. The molecule has 0 radical (unpaired) electrons. The fraction of sp³-hybridized carbons (Fsp3) is 0.444. The molecule has 1 fully saturated rings. The molecular weight excluding hydrogens is 354 g/mol. The SMILES string of the molecule is COC(=O)CCn1c(SCC(=O)N2CCCC2)nc2ccccc2c1=O. The van der Waals surface area contributed by atoms with Crippen LogP contribution >= 0.6 is 11.8 Å². The standard InChI is InChI=1S/C18H21N3O4S/c1-25-16(23)8-11-21-17(24)13-6-2-3-7-14(13)19-18(21)26-12-15(22)20-9-4-5-10-20/h2-3,6-7H,4-5,8-12H2,1H3. The Morgan fingerprint density at radius 2 is 1.96 bits per heavy atom. The number of fused-ring (bicyclic) bond motifs is 1. The van der Waals surface area contributed by atoms with Crippen LogP contribution in [0, 0.1) is 0 Å². The predicted octanol–water partition coefficient (Wildman–Crippen LogP) is 1.67. The van der Waals surface area contributed by atoms with Gasteiger partial charge in [-0.1, -0.05) is 23.9 Å². The number of hydrogen-bond donors (Lipinski definition) is 0. The number of nitrogens with zero attached hydrogens (tertiary/aromatic N) is 3. The highest BCUT2D eigenvalue weighted by Gasteiger charge is 2.20. The van der Waals surface area contributed by atoms with Gasteiger partial charge in [-0.15, -0.1) is 0 Å². The van der Waals surface area contributed by atoms with Crippen molar-refractivity contribution in [2.45, 2.75) is 31.0 Å². The third-order valence-electron chi connectivity index (χ3n) is 4.38. The van der Waals surface area contributed by atoms with E-state index in [0.29, 0.717) is 16.1 Å². The number of benzene rings is 1. The molecule has 0 saturated carbocycles. The minimum Gasteiger partial charge on any atom is -0.469 e. The number of aromatic nitrogens is 2. The van der Waals surface area contributed by atoms with Gasteiger partial charge >= 0.3 is 5.97 Å². The summed E-state index contributed by atoms with van der Waals surface area (Å²) in [4.78, 5) is 43.0. The Labute approximate surface area is 155 Å². The Hall–Kier alpha value is -2.35. The molecule has 2 aromatic rings. The van der Waals surface area contributed by atoms with Crippen LogP contribution in [0.2, 0.25) is 0 Å². The number of amides is 1. The first-order valence-corrected chi connectivity index (χ1v) is 9.55. The lowest BCUT2D eigenvalue weighted by atomic mass is 10.2. The van der Waals surface area contributed by atoms with Crippen LogP contribution in [0.1, 0.15) is 19.3 Å². The van der Waals surface area contributed by atoms with Gasteiger partial charge in [-0.3, -0.25) is 19.0 Å². The highest BCUT2D eigenvalue weighted by Crippen LogP contribution is 2.20. The summed E-state index contributed by atoms with van der Waals surface area (Å²) in [7, 11) is 1.31. The lowest BCUT2D eigenvalue weighted by Crippen LogP contribution is -2.30. The summed E-state index contributed by atoms with van der Waals surface area (Å²) in [6, 6.07) is 7.08. The maximum absolute atomic E-state index is 12.8. The van der Waals surface area contributed by atoms with Crippen molar-refractivity contribution in [1.29, 1.82) is 0 Å². The summed E-state index contributed by atoms with van der Waals surface area (Å²) in [6.45, 7) is 1.75. The fourth-order valence-corrected chi connectivity index (χ4v) is 3.87. The Morgan fingerprint density at radius 3 is 2.69 bits per heavy atom. The van der Waals surface area contributed by atoms with E-state index in [4.69, 9.17) is 0 Å². The summed E-state index contributed by atoms with van der Waals surface area (Å²) >= 11 is 1.24. The Bertz CT molecular complexity index is 874. The van der Waals surface area contributed by atoms with Gasteiger partial charge in [0.15, 0.2) is 5.16 Å². The van der Waals surface area contributed by atoms with Gasteiger partial charge in [0, 0.05) is 19.6 Å². The summed E-state index contributed by atoms with van der Waals surface area (Å²) in [5.41, 5.74) is 0.374. The number of hydrogen-bond acceptors (Lipinski definition) is 6. The molecule has 7 nitrogen and oxygen atoms in total. The molecule has 8 heteroatoms. The monoisotopic (exact) mass is 375 g/mol. The Morgan fingerprint density at radius 1 is 1.23 bits per heavy atom. The van der Waals surface area contributed by atoms with Gasteiger partial charge in [-0.25, -0.2) is 4.98 Å². The van der Waals surface area contributed by atoms with Crippen LogP contribution in [0.3, 0.4) is 0 Å². The van der Waals surface area contributed by atoms with Gasteiger partial charge < -0.3 is 9.64 Å². The lowest BCUT2D eigenvalue weighted by molar-refractivity contribution is -0.140. The molecule has 3 rings (SSSR count). The van der Waals surface area contributed by atoms with E-state index in [-0.39, 0.29) is 30.2 Å². The van der Waals surface area contributed by atoms with E-state index in [1.54, 1.807) is 18.2 Å². The fourth-order valence-electron chi connectivity index (χ4n) is 2.94. The van der Waals surface area contributed by atoms with Crippen LogP contribution in [-0.4, -0.2) is 52.3 Å². The largest absolute Gasteiger partial charge is 0.469 e. The number of likely N-dealkylation sites (tertiary alicyclic amines) is 1. The quantitative estimate of drug-likeness (QED) is 0.434. The average Bonchev–Trinajstić information content (AvgIpc) is 3.20. The molecular formula is C18H21N3O4S. The molecule has 1 aliphatic heterocycles. The van der Waals surface area contributed by atoms with Crippen LogP contribution in [0.5, 0.6) is 0 Å². The molecule has 1 aromatic heterocycles. The molecule has 0 aliphatic carbocycles. The van der Waals surface area contributed by atoms with Crippen LogP contribution in [0.25, 0.3) is 10.9 Å². The van der Waals surface area contributed by atoms with Crippen molar-refractivity contribution in [3.8, 4) is 0 Å². The number of ether oxygens (including phenoxy) is 1. The first-order valence-electron chi connectivity index (χ1n) is 8.57. The molecule has 0 unspecified atom stereocenters. The van der Waals surface area contributed by atoms with E-state index in [1.807, 2.05) is 11.0 Å². The lowest BCUT2D eigenvalue weighted by Gasteiger charge is -2.16. The number of carbonyl (C=O) groups is 2. The van der Waals surface area contributed by atoms with Gasteiger partial charge in [-0.2, -0.15) is 0 Å². The molecule has 0 bridgehead atoms. The number of methoxy groups -OCH3 is 1. The van der Waals surface area contributed by atoms with Gasteiger partial charge in [0.2, 0.25) is 5.91 Å². The van der Waals surface area contributed by atoms with Crippen LogP contribution < -0.4 is 5.56 Å². The molecule has 2 heterocycles. The van der Waals surface area contributed by atoms with Crippen molar-refractivity contribution < 1.29 is 14.3 Å². The second kappa shape index (κ2) is 8.35. The zero-order valence-corrected chi connectivity index (χ0v) is 15.5. The summed E-state index contributed by atoms with van der Waals surface area (Å²) < 4.78 is 6.12. The Balaban J connectivity index is 1.86. The predicted molar refractivity (Wildman–Crippen MR) is 99.2 cm³/mol. The normalized spacial score (nSPS) is 14.0. The smallest absolute Gasteiger partial charge is 0.307 e. The van der Waals surface area contributed by atoms with Gasteiger partial charge in [0.05, 0.1) is 30.2 Å². The zero-order chi connectivity index (χ0) is 18.5. The van der Waals surface area contributed by atoms with Crippen molar-refractivity contribution in [2.75, 3.05) is 26.0 Å². The molecule has 1 aromatic carbocycles. The third kappa shape index (κ3) is 4.07. The minimum absolute atomic E-state index is 0.0504.